The van der Waals surface area contributed by atoms with E-state index in [1.54, 1.807) is 13.4 Å². The first-order valence-electron chi connectivity index (χ1n) is 13.5. The van der Waals surface area contributed by atoms with E-state index in [0.717, 1.165) is 46.7 Å². The molecule has 1 unspecified atom stereocenters. The monoisotopic (exact) mass is 558 g/mol. The number of hydrogen-bond acceptors (Lipinski definition) is 5. The minimum Gasteiger partial charge on any atom is -0.493 e. The van der Waals surface area contributed by atoms with E-state index in [1.807, 2.05) is 85.2 Å². The number of amides is 1. The first-order valence-corrected chi connectivity index (χ1v) is 13.9. The number of aryl methyl sites for hydroxylation is 1. The zero-order chi connectivity index (χ0) is 28.4. The van der Waals surface area contributed by atoms with E-state index < -0.39 is 0 Å². The number of hydrogen-bond donors (Lipinski definition) is 0. The Balaban J connectivity index is 1.55. The van der Waals surface area contributed by atoms with Gasteiger partial charge in [0.15, 0.2) is 11.5 Å². The lowest BCUT2D eigenvalue weighted by Gasteiger charge is -2.38. The van der Waals surface area contributed by atoms with Gasteiger partial charge in [0.1, 0.15) is 0 Å². The van der Waals surface area contributed by atoms with Crippen LogP contribution in [-0.2, 0) is 24.8 Å². The van der Waals surface area contributed by atoms with Crippen molar-refractivity contribution in [2.45, 2.75) is 45.4 Å². The van der Waals surface area contributed by atoms with Gasteiger partial charge in [0.2, 0.25) is 5.91 Å². The average Bonchev–Trinajstić information content (AvgIpc) is 3.36. The van der Waals surface area contributed by atoms with Crippen LogP contribution in [0.5, 0.6) is 11.5 Å². The fourth-order valence-corrected chi connectivity index (χ4v) is 5.24. The van der Waals surface area contributed by atoms with Gasteiger partial charge >= 0.3 is 0 Å². The molecule has 7 nitrogen and oxygen atoms in total. The zero-order valence-corrected chi connectivity index (χ0v) is 24.4. The number of fused-ring (bicyclic) bond motifs is 1. The third kappa shape index (κ3) is 5.52. The van der Waals surface area contributed by atoms with Crippen LogP contribution in [0.4, 0.5) is 11.4 Å². The van der Waals surface area contributed by atoms with Crippen molar-refractivity contribution in [1.82, 2.24) is 9.55 Å². The number of anilines is 2. The predicted octanol–water partition coefficient (Wildman–Crippen LogP) is 6.57. The summed E-state index contributed by atoms with van der Waals surface area (Å²) in [7, 11) is 5.67. The molecule has 208 valence electrons. The maximum Gasteiger partial charge on any atom is 0.232 e. The molecular formula is C32H35ClN4O3. The molecule has 4 aromatic rings. The highest BCUT2D eigenvalue weighted by Gasteiger charge is 2.36. The predicted molar refractivity (Wildman–Crippen MR) is 160 cm³/mol. The molecule has 2 heterocycles. The minimum atomic E-state index is -0.350. The highest BCUT2D eigenvalue weighted by Crippen LogP contribution is 2.44. The highest BCUT2D eigenvalue weighted by atomic mass is 35.5. The van der Waals surface area contributed by atoms with Gasteiger partial charge in [-0.15, -0.1) is 0 Å². The fraction of sp³-hybridized carbons (Fsp3) is 0.312. The summed E-state index contributed by atoms with van der Waals surface area (Å²) in [5.74, 6) is 1.33. The van der Waals surface area contributed by atoms with Crippen molar-refractivity contribution in [3.8, 4) is 11.5 Å². The van der Waals surface area contributed by atoms with Crippen LogP contribution in [0.15, 0.2) is 73.2 Å². The van der Waals surface area contributed by atoms with Crippen LogP contribution in [0.1, 0.15) is 48.7 Å². The van der Waals surface area contributed by atoms with Crippen LogP contribution < -0.4 is 19.3 Å². The highest BCUT2D eigenvalue weighted by molar-refractivity contribution is 6.30. The molecule has 8 heteroatoms. The first-order chi connectivity index (χ1) is 19.3. The Bertz CT molecular complexity index is 1480. The topological polar surface area (TPSA) is 59.8 Å². The summed E-state index contributed by atoms with van der Waals surface area (Å²) in [5.41, 5.74) is 5.90. The second-order valence-corrected chi connectivity index (χ2v) is 10.7. The lowest BCUT2D eigenvalue weighted by atomic mass is 9.86. The van der Waals surface area contributed by atoms with Crippen LogP contribution in [0.2, 0.25) is 5.02 Å². The van der Waals surface area contributed by atoms with Crippen LogP contribution in [0.3, 0.4) is 0 Å². The van der Waals surface area contributed by atoms with E-state index in [9.17, 15) is 4.79 Å². The molecule has 0 bridgehead atoms. The fourth-order valence-electron chi connectivity index (χ4n) is 5.11. The summed E-state index contributed by atoms with van der Waals surface area (Å²) in [5, 5.41) is 0.647. The van der Waals surface area contributed by atoms with Crippen molar-refractivity contribution in [2.75, 3.05) is 24.0 Å². The van der Waals surface area contributed by atoms with Gasteiger partial charge < -0.3 is 23.8 Å². The molecule has 1 aliphatic heterocycles. The number of imidazole rings is 1. The summed E-state index contributed by atoms with van der Waals surface area (Å²) < 4.78 is 13.9. The first kappa shape index (κ1) is 27.6. The van der Waals surface area contributed by atoms with Crippen molar-refractivity contribution >= 4 is 28.9 Å². The van der Waals surface area contributed by atoms with Crippen molar-refractivity contribution in [3.05, 3.63) is 101 Å². The third-order valence-electron chi connectivity index (χ3n) is 7.56. The van der Waals surface area contributed by atoms with E-state index in [2.05, 4.69) is 28.9 Å². The maximum atomic E-state index is 13.8. The maximum absolute atomic E-state index is 13.8. The second kappa shape index (κ2) is 11.6. The summed E-state index contributed by atoms with van der Waals surface area (Å²) in [6, 6.07) is 19.5. The molecule has 1 amide bonds. The number of carbonyl (C=O) groups excluding carboxylic acids is 1. The lowest BCUT2D eigenvalue weighted by Crippen LogP contribution is -2.41. The normalized spacial score (nSPS) is 15.5. The molecule has 0 N–H and O–H groups in total. The Morgan fingerprint density at radius 1 is 1.10 bits per heavy atom. The third-order valence-corrected chi connectivity index (χ3v) is 7.81. The van der Waals surface area contributed by atoms with Crippen LogP contribution >= 0.6 is 11.6 Å². The summed E-state index contributed by atoms with van der Waals surface area (Å²) in [4.78, 5) is 22.1. The average molecular weight is 559 g/mol. The summed E-state index contributed by atoms with van der Waals surface area (Å²) in [6.07, 6.45) is 4.84. The van der Waals surface area contributed by atoms with Crippen LogP contribution in [0.25, 0.3) is 0 Å². The standard InChI is InChI=1S/C32H35ClN4O3/c1-6-21(2)40-30-17-28-23(15-29(30)39-5)16-31(38)37(32(28)22-7-9-24(33)10-8-22)26-13-11-25(12-14-26)35(3)19-27-18-34-20-36(27)4/h7-15,17-18,20-21,32H,6,16,19H2,1-5H3/t21-,32?/m1/s1. The largest absolute Gasteiger partial charge is 0.493 e. The van der Waals surface area contributed by atoms with Gasteiger partial charge in [0, 0.05) is 36.7 Å². The van der Waals surface area contributed by atoms with Crippen LogP contribution in [0, 0.1) is 0 Å². The molecule has 0 aliphatic carbocycles. The summed E-state index contributed by atoms with van der Waals surface area (Å²) >= 11 is 6.25. The van der Waals surface area contributed by atoms with Crippen molar-refractivity contribution in [2.24, 2.45) is 7.05 Å². The van der Waals surface area contributed by atoms with Gasteiger partial charge in [-0.1, -0.05) is 30.7 Å². The summed E-state index contributed by atoms with van der Waals surface area (Å²) in [6.45, 7) is 4.85. The Morgan fingerprint density at radius 3 is 2.45 bits per heavy atom. The molecule has 0 saturated carbocycles. The molecule has 0 fully saturated rings. The SMILES string of the molecule is CC[C@@H](C)Oc1cc2c(cc1OC)CC(=O)N(c1ccc(N(C)Cc3cncn3C)cc1)C2c1ccc(Cl)cc1. The van der Waals surface area contributed by atoms with Gasteiger partial charge in [-0.3, -0.25) is 4.79 Å². The van der Waals surface area contributed by atoms with E-state index in [1.165, 1.54) is 0 Å². The Morgan fingerprint density at radius 2 is 1.82 bits per heavy atom. The zero-order valence-electron chi connectivity index (χ0n) is 23.6. The Hall–Kier alpha value is -3.97. The molecular weight excluding hydrogens is 524 g/mol. The van der Waals surface area contributed by atoms with Gasteiger partial charge in [-0.25, -0.2) is 4.98 Å². The minimum absolute atomic E-state index is 0.0149. The Labute approximate surface area is 240 Å². The van der Waals surface area contributed by atoms with E-state index in [4.69, 9.17) is 21.1 Å². The number of aromatic nitrogens is 2. The number of benzene rings is 3. The molecule has 0 saturated heterocycles. The van der Waals surface area contributed by atoms with Crippen molar-refractivity contribution < 1.29 is 14.3 Å². The smallest absolute Gasteiger partial charge is 0.232 e. The molecule has 40 heavy (non-hydrogen) atoms. The molecule has 1 aromatic heterocycles. The van der Waals surface area contributed by atoms with Crippen LogP contribution in [-0.4, -0.2) is 35.7 Å². The molecule has 1 aliphatic rings. The number of methoxy groups -OCH3 is 1. The number of rotatable bonds is 9. The number of nitrogens with zero attached hydrogens (tertiary/aromatic N) is 4. The number of halogens is 1. The quantitative estimate of drug-likeness (QED) is 0.232. The molecule has 3 aromatic carbocycles. The Kier molecular flexibility index (Phi) is 8.03. The van der Waals surface area contributed by atoms with Gasteiger partial charge in [-0.05, 0) is 78.6 Å². The van der Waals surface area contributed by atoms with E-state index in [0.29, 0.717) is 16.5 Å². The molecule has 0 spiro atoms. The van der Waals surface area contributed by atoms with E-state index >= 15 is 0 Å². The van der Waals surface area contributed by atoms with E-state index in [-0.39, 0.29) is 24.5 Å². The second-order valence-electron chi connectivity index (χ2n) is 10.3. The van der Waals surface area contributed by atoms with Crippen molar-refractivity contribution in [3.63, 3.8) is 0 Å². The lowest BCUT2D eigenvalue weighted by molar-refractivity contribution is -0.118. The number of carbonyl (C=O) groups is 1. The van der Waals surface area contributed by atoms with Crippen molar-refractivity contribution in [1.29, 1.82) is 0 Å². The molecule has 0 radical (unpaired) electrons. The van der Waals surface area contributed by atoms with Gasteiger partial charge in [0.25, 0.3) is 0 Å². The van der Waals surface area contributed by atoms with Gasteiger partial charge in [0.05, 0.1) is 44.2 Å². The number of ether oxygens (including phenoxy) is 2. The molecule has 2 atom stereocenters. The van der Waals surface area contributed by atoms with Gasteiger partial charge in [-0.2, -0.15) is 0 Å². The molecule has 5 rings (SSSR count).